The molecule has 8 nitrogen and oxygen atoms in total. The van der Waals surface area contributed by atoms with Gasteiger partial charge in [0, 0.05) is 59.8 Å². The fourth-order valence-electron chi connectivity index (χ4n) is 3.50. The van der Waals surface area contributed by atoms with Crippen molar-refractivity contribution in [3.63, 3.8) is 0 Å². The van der Waals surface area contributed by atoms with Gasteiger partial charge >= 0.3 is 0 Å². The number of nitrogens with one attached hydrogen (secondary N) is 2. The third kappa shape index (κ3) is 8.04. The third-order valence-electron chi connectivity index (χ3n) is 5.05. The van der Waals surface area contributed by atoms with E-state index in [9.17, 15) is 9.59 Å². The number of guanidine groups is 1. The lowest BCUT2D eigenvalue weighted by molar-refractivity contribution is -0.133. The number of carbonyl (C=O) groups excluding carboxylic acids is 2. The van der Waals surface area contributed by atoms with Crippen molar-refractivity contribution in [1.29, 1.82) is 0 Å². The second-order valence-corrected chi connectivity index (χ2v) is 7.28. The summed E-state index contributed by atoms with van der Waals surface area (Å²) in [6.07, 6.45) is 3.41. The summed E-state index contributed by atoms with van der Waals surface area (Å²) >= 11 is 0. The molecule has 2 N–H and O–H groups in total. The lowest BCUT2D eigenvalue weighted by Gasteiger charge is -2.25. The molecular formula is C20H40N6O2. The number of rotatable bonds is 11. The Bertz CT molecular complexity index is 505. The molecule has 0 saturated carbocycles. The van der Waals surface area contributed by atoms with Gasteiger partial charge in [-0.3, -0.25) is 19.5 Å². The van der Waals surface area contributed by atoms with Crippen molar-refractivity contribution < 1.29 is 9.59 Å². The van der Waals surface area contributed by atoms with Crippen LogP contribution in [0.1, 0.15) is 46.5 Å². The Morgan fingerprint density at radius 1 is 1.14 bits per heavy atom. The monoisotopic (exact) mass is 396 g/mol. The largest absolute Gasteiger partial charge is 0.357 e. The van der Waals surface area contributed by atoms with Crippen molar-refractivity contribution in [3.8, 4) is 0 Å². The summed E-state index contributed by atoms with van der Waals surface area (Å²) in [6, 6.07) is 0.0245. The number of likely N-dealkylation sites (N-methyl/N-ethyl adjacent to an activating group) is 1. The first-order valence-corrected chi connectivity index (χ1v) is 10.7. The number of nitrogens with zero attached hydrogens (tertiary/aromatic N) is 4. The van der Waals surface area contributed by atoms with E-state index in [1.54, 1.807) is 4.90 Å². The average molecular weight is 397 g/mol. The van der Waals surface area contributed by atoms with Crippen molar-refractivity contribution >= 4 is 17.8 Å². The maximum Gasteiger partial charge on any atom is 0.239 e. The quantitative estimate of drug-likeness (QED) is 0.306. The number of hydrogen-bond acceptors (Lipinski definition) is 4. The predicted octanol–water partition coefficient (Wildman–Crippen LogP) is 0.743. The molecular weight excluding hydrogens is 356 g/mol. The Balaban J connectivity index is 2.39. The number of amides is 2. The lowest BCUT2D eigenvalue weighted by atomic mass is 10.2. The molecule has 1 aliphatic rings. The maximum absolute atomic E-state index is 12.3. The van der Waals surface area contributed by atoms with Crippen molar-refractivity contribution in [2.75, 3.05) is 59.9 Å². The summed E-state index contributed by atoms with van der Waals surface area (Å²) in [6.45, 7) is 11.4. The van der Waals surface area contributed by atoms with Gasteiger partial charge in [-0.1, -0.05) is 0 Å². The Morgan fingerprint density at radius 3 is 2.46 bits per heavy atom. The van der Waals surface area contributed by atoms with Crippen LogP contribution in [0.15, 0.2) is 4.99 Å². The second-order valence-electron chi connectivity index (χ2n) is 7.28. The molecule has 1 fully saturated rings. The Hall–Kier alpha value is -1.83. The van der Waals surface area contributed by atoms with Gasteiger partial charge in [0.25, 0.3) is 0 Å². The van der Waals surface area contributed by atoms with Gasteiger partial charge in [0.2, 0.25) is 11.8 Å². The minimum absolute atomic E-state index is 0.0245. The summed E-state index contributed by atoms with van der Waals surface area (Å²) in [5.41, 5.74) is 0. The smallest absolute Gasteiger partial charge is 0.239 e. The molecule has 162 valence electrons. The zero-order valence-electron chi connectivity index (χ0n) is 18.5. The van der Waals surface area contributed by atoms with Gasteiger partial charge in [-0.15, -0.1) is 0 Å². The highest BCUT2D eigenvalue weighted by Crippen LogP contribution is 2.18. The van der Waals surface area contributed by atoms with Gasteiger partial charge in [-0.05, 0) is 46.6 Å². The molecule has 1 aliphatic heterocycles. The van der Waals surface area contributed by atoms with Crippen LogP contribution in [-0.2, 0) is 9.59 Å². The molecule has 0 aromatic heterocycles. The van der Waals surface area contributed by atoms with Crippen molar-refractivity contribution in [1.82, 2.24) is 25.3 Å². The summed E-state index contributed by atoms with van der Waals surface area (Å²) in [7, 11) is 3.64. The molecule has 1 unspecified atom stereocenters. The molecule has 28 heavy (non-hydrogen) atoms. The highest BCUT2D eigenvalue weighted by atomic mass is 16.2. The molecule has 0 aromatic rings. The number of likely N-dealkylation sites (tertiary alicyclic amines) is 1. The van der Waals surface area contributed by atoms with E-state index in [2.05, 4.69) is 20.5 Å². The lowest BCUT2D eigenvalue weighted by Crippen LogP contribution is -2.43. The SMILES string of the molecule is CCNC(=NCCCN1CCCC1C(=O)N(C)C)NCCC(=O)N(CC)CC. The molecule has 0 spiro atoms. The van der Waals surface area contributed by atoms with E-state index in [0.717, 1.165) is 57.9 Å². The van der Waals surface area contributed by atoms with Crippen LogP contribution in [0, 0.1) is 0 Å². The molecule has 2 amide bonds. The van der Waals surface area contributed by atoms with Crippen LogP contribution in [0.3, 0.4) is 0 Å². The molecule has 0 aliphatic carbocycles. The first-order chi connectivity index (χ1) is 13.4. The minimum atomic E-state index is 0.0245. The topological polar surface area (TPSA) is 80.3 Å². The molecule has 1 heterocycles. The van der Waals surface area contributed by atoms with Gasteiger partial charge in [0.1, 0.15) is 0 Å². The van der Waals surface area contributed by atoms with Gasteiger partial charge < -0.3 is 20.4 Å². The van der Waals surface area contributed by atoms with E-state index in [1.807, 2.05) is 39.8 Å². The molecule has 1 saturated heterocycles. The van der Waals surface area contributed by atoms with Gasteiger partial charge in [-0.25, -0.2) is 0 Å². The highest BCUT2D eigenvalue weighted by molar-refractivity contribution is 5.82. The number of carbonyl (C=O) groups is 2. The first kappa shape index (κ1) is 24.2. The summed E-state index contributed by atoms with van der Waals surface area (Å²) in [4.78, 5) is 34.7. The van der Waals surface area contributed by atoms with E-state index in [4.69, 9.17) is 0 Å². The standard InChI is InChI=1S/C20H40N6O2/c1-6-21-20(23-14-12-18(27)25(7-2)8-3)22-13-10-16-26-15-9-11-17(26)19(28)24(4)5/h17H,6-16H2,1-5H3,(H2,21,22,23). The average Bonchev–Trinajstić information content (AvgIpc) is 3.13. The molecule has 1 rings (SSSR count). The predicted molar refractivity (Wildman–Crippen MR) is 114 cm³/mol. The third-order valence-corrected chi connectivity index (χ3v) is 5.05. The van der Waals surface area contributed by atoms with Crippen LogP contribution in [0.2, 0.25) is 0 Å². The Morgan fingerprint density at radius 2 is 1.86 bits per heavy atom. The van der Waals surface area contributed by atoms with Gasteiger partial charge in [0.05, 0.1) is 6.04 Å². The number of aliphatic imine (C=N–C) groups is 1. The molecule has 1 atom stereocenters. The Kier molecular flexibility index (Phi) is 11.6. The molecule has 8 heteroatoms. The normalized spacial score (nSPS) is 17.5. The zero-order valence-corrected chi connectivity index (χ0v) is 18.5. The van der Waals surface area contributed by atoms with Crippen LogP contribution < -0.4 is 10.6 Å². The highest BCUT2D eigenvalue weighted by Gasteiger charge is 2.30. The summed E-state index contributed by atoms with van der Waals surface area (Å²) in [5.74, 6) is 1.12. The van der Waals surface area contributed by atoms with E-state index >= 15 is 0 Å². The van der Waals surface area contributed by atoms with E-state index in [0.29, 0.717) is 19.5 Å². The first-order valence-electron chi connectivity index (χ1n) is 10.7. The van der Waals surface area contributed by atoms with E-state index in [-0.39, 0.29) is 17.9 Å². The summed E-state index contributed by atoms with van der Waals surface area (Å²) in [5, 5.41) is 6.47. The molecule has 0 bridgehead atoms. The van der Waals surface area contributed by atoms with Crippen LogP contribution in [0.5, 0.6) is 0 Å². The minimum Gasteiger partial charge on any atom is -0.357 e. The summed E-state index contributed by atoms with van der Waals surface area (Å²) < 4.78 is 0. The van der Waals surface area contributed by atoms with Crippen LogP contribution in [0.25, 0.3) is 0 Å². The molecule has 0 radical (unpaired) electrons. The van der Waals surface area contributed by atoms with Crippen LogP contribution in [-0.4, -0.2) is 98.4 Å². The fraction of sp³-hybridized carbons (Fsp3) is 0.850. The van der Waals surface area contributed by atoms with E-state index in [1.165, 1.54) is 0 Å². The van der Waals surface area contributed by atoms with Crippen molar-refractivity contribution in [2.24, 2.45) is 4.99 Å². The van der Waals surface area contributed by atoms with Crippen molar-refractivity contribution in [2.45, 2.75) is 52.5 Å². The second kappa shape index (κ2) is 13.4. The van der Waals surface area contributed by atoms with Crippen LogP contribution >= 0.6 is 0 Å². The van der Waals surface area contributed by atoms with Crippen LogP contribution in [0.4, 0.5) is 0 Å². The maximum atomic E-state index is 12.3. The Labute approximate surface area is 170 Å². The van der Waals surface area contributed by atoms with Gasteiger partial charge in [0.15, 0.2) is 5.96 Å². The van der Waals surface area contributed by atoms with Crippen molar-refractivity contribution in [3.05, 3.63) is 0 Å². The fourth-order valence-corrected chi connectivity index (χ4v) is 3.50. The zero-order chi connectivity index (χ0) is 20.9. The molecule has 0 aromatic carbocycles. The van der Waals surface area contributed by atoms with Gasteiger partial charge in [-0.2, -0.15) is 0 Å². The van der Waals surface area contributed by atoms with E-state index < -0.39 is 0 Å². The number of hydrogen-bond donors (Lipinski definition) is 2.